The van der Waals surface area contributed by atoms with Gasteiger partial charge >= 0.3 is 6.61 Å². The lowest BCUT2D eigenvalue weighted by atomic mass is 10.1. The van der Waals surface area contributed by atoms with Crippen LogP contribution in [0.2, 0.25) is 0 Å². The maximum absolute atomic E-state index is 12.8. The Labute approximate surface area is 187 Å². The van der Waals surface area contributed by atoms with E-state index in [1.54, 1.807) is 23.9 Å². The third-order valence-corrected chi connectivity index (χ3v) is 6.11. The molecule has 1 aromatic heterocycles. The van der Waals surface area contributed by atoms with Gasteiger partial charge in [0.25, 0.3) is 0 Å². The number of benzene rings is 2. The van der Waals surface area contributed by atoms with Crippen LogP contribution in [-0.2, 0) is 0 Å². The van der Waals surface area contributed by atoms with Crippen molar-refractivity contribution in [3.63, 3.8) is 0 Å². The maximum Gasteiger partial charge on any atom is 0.387 e. The van der Waals surface area contributed by atoms with E-state index in [1.807, 2.05) is 24.3 Å². The molecule has 1 fully saturated rings. The van der Waals surface area contributed by atoms with Crippen LogP contribution in [0.4, 0.5) is 8.78 Å². The van der Waals surface area contributed by atoms with Crippen LogP contribution in [0.15, 0.2) is 52.7 Å². The molecular formula is C22H20F2N4O3S. The van der Waals surface area contributed by atoms with Crippen LogP contribution < -0.4 is 14.2 Å². The summed E-state index contributed by atoms with van der Waals surface area (Å²) >= 11 is 1.50. The Bertz CT molecular complexity index is 1160. The van der Waals surface area contributed by atoms with Crippen LogP contribution in [-0.4, -0.2) is 46.7 Å². The van der Waals surface area contributed by atoms with Crippen molar-refractivity contribution in [1.82, 2.24) is 14.9 Å². The molecule has 0 bridgehead atoms. The van der Waals surface area contributed by atoms with Gasteiger partial charge in [0, 0.05) is 11.3 Å². The summed E-state index contributed by atoms with van der Waals surface area (Å²) in [6.45, 7) is -2.44. The van der Waals surface area contributed by atoms with Gasteiger partial charge < -0.3 is 14.2 Å². The molecule has 0 spiro atoms. The minimum Gasteiger partial charge on any atom is -0.496 e. The second-order valence-corrected chi connectivity index (χ2v) is 8.39. The molecule has 2 heterocycles. The van der Waals surface area contributed by atoms with E-state index >= 15 is 0 Å². The zero-order valence-electron chi connectivity index (χ0n) is 17.2. The molecule has 2 aliphatic rings. The van der Waals surface area contributed by atoms with Crippen LogP contribution in [0.1, 0.15) is 18.4 Å². The van der Waals surface area contributed by atoms with Crippen molar-refractivity contribution in [2.45, 2.75) is 24.6 Å². The van der Waals surface area contributed by atoms with Crippen LogP contribution in [0.3, 0.4) is 0 Å². The second-order valence-electron chi connectivity index (χ2n) is 7.45. The molecule has 0 amide bonds. The largest absolute Gasteiger partial charge is 0.496 e. The quantitative estimate of drug-likeness (QED) is 0.487. The Morgan fingerprint density at radius 1 is 1.09 bits per heavy atom. The molecule has 0 radical (unpaired) electrons. The third-order valence-electron chi connectivity index (χ3n) is 5.18. The normalized spacial score (nSPS) is 15.3. The van der Waals surface area contributed by atoms with Crippen molar-refractivity contribution < 1.29 is 23.0 Å². The molecule has 3 aromatic rings. The molecule has 5 rings (SSSR count). The van der Waals surface area contributed by atoms with Gasteiger partial charge in [-0.25, -0.2) is 0 Å². The summed E-state index contributed by atoms with van der Waals surface area (Å²) in [6.07, 6.45) is 2.19. The number of halogens is 2. The van der Waals surface area contributed by atoms with E-state index in [-0.39, 0.29) is 5.75 Å². The van der Waals surface area contributed by atoms with E-state index in [2.05, 4.69) is 14.9 Å². The van der Waals surface area contributed by atoms with E-state index in [9.17, 15) is 8.78 Å². The number of rotatable bonds is 8. The molecular weight excluding hydrogens is 438 g/mol. The van der Waals surface area contributed by atoms with Crippen LogP contribution in [0, 0.1) is 5.92 Å². The first kappa shape index (κ1) is 20.7. The lowest BCUT2D eigenvalue weighted by Crippen LogP contribution is -2.14. The van der Waals surface area contributed by atoms with Crippen molar-refractivity contribution in [2.75, 3.05) is 19.5 Å². The van der Waals surface area contributed by atoms with Crippen molar-refractivity contribution in [3.8, 4) is 28.6 Å². The van der Waals surface area contributed by atoms with Crippen molar-refractivity contribution in [1.29, 1.82) is 0 Å². The first-order chi connectivity index (χ1) is 15.6. The molecule has 10 heteroatoms. The minimum absolute atomic E-state index is 0.0214. The Morgan fingerprint density at radius 2 is 1.94 bits per heavy atom. The first-order valence-electron chi connectivity index (χ1n) is 10.1. The molecule has 0 unspecified atom stereocenters. The predicted octanol–water partition coefficient (Wildman–Crippen LogP) is 4.70. The Kier molecular flexibility index (Phi) is 5.69. The SMILES string of the molecule is COc1ccccc1-c1nnc2n1N=C(c1ccc(OC(F)F)c(OCC3CC3)c1)CS2. The highest BCUT2D eigenvalue weighted by molar-refractivity contribution is 7.99. The van der Waals surface area contributed by atoms with Crippen LogP contribution in [0.25, 0.3) is 11.4 Å². The number of hydrogen-bond acceptors (Lipinski definition) is 7. The summed E-state index contributed by atoms with van der Waals surface area (Å²) in [7, 11) is 1.60. The second kappa shape index (κ2) is 8.78. The Balaban J connectivity index is 1.50. The van der Waals surface area contributed by atoms with E-state index in [0.717, 1.165) is 29.7 Å². The van der Waals surface area contributed by atoms with E-state index in [4.69, 9.17) is 14.6 Å². The average Bonchev–Trinajstić information content (AvgIpc) is 3.55. The standard InChI is InChI=1S/C22H20F2N4O3S/c1-29-17-5-3-2-4-15(17)20-25-26-22-28(20)27-16(12-32-22)14-8-9-18(31-21(23)24)19(10-14)30-11-13-6-7-13/h2-5,8-10,13,21H,6-7,11-12H2,1H3. The van der Waals surface area contributed by atoms with E-state index in [1.165, 1.54) is 17.8 Å². The van der Waals surface area contributed by atoms with Gasteiger partial charge in [-0.15, -0.1) is 10.2 Å². The predicted molar refractivity (Wildman–Crippen MR) is 116 cm³/mol. The van der Waals surface area contributed by atoms with E-state index < -0.39 is 6.61 Å². The zero-order chi connectivity index (χ0) is 22.1. The smallest absolute Gasteiger partial charge is 0.387 e. The van der Waals surface area contributed by atoms with Crippen molar-refractivity contribution in [2.24, 2.45) is 11.0 Å². The molecule has 1 aliphatic carbocycles. The van der Waals surface area contributed by atoms with Gasteiger partial charge in [-0.2, -0.15) is 18.6 Å². The Hall–Kier alpha value is -3.14. The summed E-state index contributed by atoms with van der Waals surface area (Å²) in [5, 5.41) is 14.0. The first-order valence-corrected chi connectivity index (χ1v) is 11.1. The average molecular weight is 458 g/mol. The van der Waals surface area contributed by atoms with Crippen LogP contribution >= 0.6 is 11.8 Å². The topological polar surface area (TPSA) is 70.8 Å². The van der Waals surface area contributed by atoms with Gasteiger partial charge in [0.2, 0.25) is 5.16 Å². The summed E-state index contributed by atoms with van der Waals surface area (Å²) < 4.78 is 43.2. The van der Waals surface area contributed by atoms with Gasteiger partial charge in [-0.3, -0.25) is 0 Å². The summed E-state index contributed by atoms with van der Waals surface area (Å²) in [5.41, 5.74) is 2.28. The summed E-state index contributed by atoms with van der Waals surface area (Å²) in [5.74, 6) is 2.57. The van der Waals surface area contributed by atoms with Crippen molar-refractivity contribution in [3.05, 3.63) is 48.0 Å². The number of para-hydroxylation sites is 1. The number of nitrogens with zero attached hydrogens (tertiary/aromatic N) is 4. The molecule has 2 aromatic carbocycles. The Morgan fingerprint density at radius 3 is 2.72 bits per heavy atom. The number of fused-ring (bicyclic) bond motifs is 1. The van der Waals surface area contributed by atoms with Gasteiger partial charge in [0.05, 0.1) is 25.0 Å². The highest BCUT2D eigenvalue weighted by atomic mass is 32.2. The number of ether oxygens (including phenoxy) is 3. The molecule has 1 saturated carbocycles. The fourth-order valence-corrected chi connectivity index (χ4v) is 4.19. The van der Waals surface area contributed by atoms with Crippen LogP contribution in [0.5, 0.6) is 17.2 Å². The van der Waals surface area contributed by atoms with E-state index in [0.29, 0.717) is 40.8 Å². The molecule has 1 aliphatic heterocycles. The third kappa shape index (κ3) is 4.27. The highest BCUT2D eigenvalue weighted by Gasteiger charge is 2.25. The molecule has 0 atom stereocenters. The summed E-state index contributed by atoms with van der Waals surface area (Å²) in [6, 6.07) is 12.4. The van der Waals surface area contributed by atoms with Gasteiger partial charge in [-0.05, 0) is 49.1 Å². The minimum atomic E-state index is -2.92. The molecule has 166 valence electrons. The number of aromatic nitrogens is 3. The maximum atomic E-state index is 12.8. The molecule has 0 saturated heterocycles. The van der Waals surface area contributed by atoms with Gasteiger partial charge in [0.1, 0.15) is 5.75 Å². The summed E-state index contributed by atoms with van der Waals surface area (Å²) in [4.78, 5) is 0. The number of hydrogen-bond donors (Lipinski definition) is 0. The lowest BCUT2D eigenvalue weighted by molar-refractivity contribution is -0.0515. The monoisotopic (exact) mass is 458 g/mol. The molecule has 0 N–H and O–H groups in total. The zero-order valence-corrected chi connectivity index (χ0v) is 18.0. The number of alkyl halides is 2. The fraction of sp³-hybridized carbons (Fsp3) is 0.318. The molecule has 7 nitrogen and oxygen atoms in total. The van der Waals surface area contributed by atoms with Gasteiger partial charge in [-0.1, -0.05) is 23.9 Å². The fourth-order valence-electron chi connectivity index (χ4n) is 3.35. The van der Waals surface area contributed by atoms with Crippen molar-refractivity contribution >= 4 is 17.5 Å². The number of methoxy groups -OCH3 is 1. The number of thioether (sulfide) groups is 1. The van der Waals surface area contributed by atoms with Gasteiger partial charge in [0.15, 0.2) is 17.3 Å². The molecule has 32 heavy (non-hydrogen) atoms. The highest BCUT2D eigenvalue weighted by Crippen LogP contribution is 2.36. The lowest BCUT2D eigenvalue weighted by Gasteiger charge is -2.17.